The Hall–Kier alpha value is -2.83. The number of pyridine rings is 1. The van der Waals surface area contributed by atoms with Gasteiger partial charge in [0, 0.05) is 42.0 Å². The van der Waals surface area contributed by atoms with Crippen LogP contribution in [0, 0.1) is 0 Å². The van der Waals surface area contributed by atoms with E-state index in [1.807, 2.05) is 30.3 Å². The van der Waals surface area contributed by atoms with Crippen LogP contribution in [0.1, 0.15) is 6.92 Å². The van der Waals surface area contributed by atoms with E-state index in [-0.39, 0.29) is 6.61 Å². The zero-order chi connectivity index (χ0) is 18.6. The Labute approximate surface area is 162 Å². The third-order valence-electron chi connectivity index (χ3n) is 4.47. The first-order chi connectivity index (χ1) is 13.3. The van der Waals surface area contributed by atoms with Gasteiger partial charge in [0.15, 0.2) is 5.82 Å². The van der Waals surface area contributed by atoms with E-state index in [1.165, 1.54) is 0 Å². The van der Waals surface area contributed by atoms with Crippen molar-refractivity contribution in [2.75, 3.05) is 24.6 Å². The second kappa shape index (κ2) is 7.82. The number of hydrogen-bond donors (Lipinski definition) is 1. The van der Waals surface area contributed by atoms with Gasteiger partial charge in [0.2, 0.25) is 0 Å². The van der Waals surface area contributed by atoms with Crippen molar-refractivity contribution in [1.82, 2.24) is 15.0 Å². The number of thiophene rings is 1. The molecular weight excluding hydrogens is 356 g/mol. The lowest BCUT2D eigenvalue weighted by molar-refractivity contribution is 0.302. The minimum Gasteiger partial charge on any atom is -0.395 e. The van der Waals surface area contributed by atoms with Gasteiger partial charge in [-0.3, -0.25) is 4.98 Å². The number of likely N-dealkylation sites (N-methyl/N-ethyl adjacent to an activating group) is 1. The molecule has 0 atom stereocenters. The van der Waals surface area contributed by atoms with E-state index >= 15 is 0 Å². The van der Waals surface area contributed by atoms with Gasteiger partial charge in [0.1, 0.15) is 10.6 Å². The van der Waals surface area contributed by atoms with Crippen molar-refractivity contribution >= 4 is 27.4 Å². The van der Waals surface area contributed by atoms with E-state index in [2.05, 4.69) is 34.3 Å². The van der Waals surface area contributed by atoms with Crippen molar-refractivity contribution in [3.8, 4) is 22.5 Å². The van der Waals surface area contributed by atoms with Gasteiger partial charge < -0.3 is 10.0 Å². The number of nitrogens with zero attached hydrogens (tertiary/aromatic N) is 4. The minimum atomic E-state index is 0.0758. The summed E-state index contributed by atoms with van der Waals surface area (Å²) in [5.74, 6) is 1.51. The van der Waals surface area contributed by atoms with E-state index in [9.17, 15) is 5.11 Å². The van der Waals surface area contributed by atoms with Crippen LogP contribution in [-0.2, 0) is 0 Å². The van der Waals surface area contributed by atoms with Crippen molar-refractivity contribution < 1.29 is 5.11 Å². The number of rotatable bonds is 6. The predicted molar refractivity (Wildman–Crippen MR) is 111 cm³/mol. The molecule has 5 nitrogen and oxygen atoms in total. The zero-order valence-electron chi connectivity index (χ0n) is 15.0. The van der Waals surface area contributed by atoms with Crippen LogP contribution in [0.15, 0.2) is 60.2 Å². The first-order valence-electron chi connectivity index (χ1n) is 8.92. The molecule has 1 aromatic carbocycles. The molecule has 0 amide bonds. The molecule has 0 saturated carbocycles. The van der Waals surface area contributed by atoms with Crippen LogP contribution < -0.4 is 4.90 Å². The highest BCUT2D eigenvalue weighted by atomic mass is 32.1. The molecule has 0 unspecified atom stereocenters. The quantitative estimate of drug-likeness (QED) is 0.545. The lowest BCUT2D eigenvalue weighted by Crippen LogP contribution is -2.27. The molecular formula is C21H20N4OS. The fourth-order valence-corrected chi connectivity index (χ4v) is 4.08. The SMILES string of the molecule is CCN(CCO)c1nc(-c2cccnc2)nc2scc(-c3ccccc3)c12. The molecule has 1 N–H and O–H groups in total. The van der Waals surface area contributed by atoms with Crippen LogP contribution in [0.3, 0.4) is 0 Å². The fourth-order valence-electron chi connectivity index (χ4n) is 3.14. The number of aliphatic hydroxyl groups excluding tert-OH is 1. The number of hydrogen-bond acceptors (Lipinski definition) is 6. The molecule has 0 radical (unpaired) electrons. The van der Waals surface area contributed by atoms with Gasteiger partial charge in [-0.05, 0) is 24.6 Å². The standard InChI is InChI=1S/C21H20N4OS/c1-2-25(11-12-26)20-18-17(15-7-4-3-5-8-15)14-27-21(18)24-19(23-20)16-9-6-10-22-13-16/h3-10,13-14,26H,2,11-12H2,1H3. The number of anilines is 1. The molecule has 27 heavy (non-hydrogen) atoms. The van der Waals surface area contributed by atoms with Crippen molar-refractivity contribution in [3.05, 3.63) is 60.2 Å². The molecule has 0 fully saturated rings. The maximum Gasteiger partial charge on any atom is 0.164 e. The predicted octanol–water partition coefficient (Wildman–Crippen LogP) is 4.24. The molecule has 6 heteroatoms. The average Bonchev–Trinajstić information content (AvgIpc) is 3.17. The van der Waals surface area contributed by atoms with Crippen molar-refractivity contribution in [2.45, 2.75) is 6.92 Å². The molecule has 3 heterocycles. The second-order valence-electron chi connectivity index (χ2n) is 6.11. The van der Waals surface area contributed by atoms with Crippen molar-refractivity contribution in [1.29, 1.82) is 0 Å². The maximum atomic E-state index is 9.53. The Morgan fingerprint density at radius 2 is 1.85 bits per heavy atom. The third kappa shape index (κ3) is 3.41. The first kappa shape index (κ1) is 17.6. The molecule has 4 rings (SSSR count). The molecule has 0 spiro atoms. The van der Waals surface area contributed by atoms with Gasteiger partial charge >= 0.3 is 0 Å². The second-order valence-corrected chi connectivity index (χ2v) is 6.97. The van der Waals surface area contributed by atoms with Gasteiger partial charge in [-0.1, -0.05) is 30.3 Å². The zero-order valence-corrected chi connectivity index (χ0v) is 15.9. The minimum absolute atomic E-state index is 0.0758. The number of benzene rings is 1. The Balaban J connectivity index is 1.97. The highest BCUT2D eigenvalue weighted by Gasteiger charge is 2.19. The van der Waals surface area contributed by atoms with Crippen molar-refractivity contribution in [2.24, 2.45) is 0 Å². The van der Waals surface area contributed by atoms with Gasteiger partial charge in [-0.15, -0.1) is 11.3 Å². The molecule has 0 aliphatic heterocycles. The highest BCUT2D eigenvalue weighted by Crippen LogP contribution is 2.39. The molecule has 0 bridgehead atoms. The Morgan fingerprint density at radius 3 is 2.56 bits per heavy atom. The normalized spacial score (nSPS) is 11.0. The molecule has 0 aliphatic rings. The van der Waals surface area contributed by atoms with Gasteiger partial charge in [0.05, 0.1) is 12.0 Å². The lowest BCUT2D eigenvalue weighted by atomic mass is 10.1. The van der Waals surface area contributed by atoms with E-state index in [4.69, 9.17) is 9.97 Å². The monoisotopic (exact) mass is 376 g/mol. The molecule has 4 aromatic rings. The summed E-state index contributed by atoms with van der Waals surface area (Å²) in [6.07, 6.45) is 3.52. The summed E-state index contributed by atoms with van der Waals surface area (Å²) in [6, 6.07) is 14.1. The number of fused-ring (bicyclic) bond motifs is 1. The van der Waals surface area contributed by atoms with Crippen LogP contribution in [0.5, 0.6) is 0 Å². The molecule has 0 aliphatic carbocycles. The lowest BCUT2D eigenvalue weighted by Gasteiger charge is -2.22. The van der Waals surface area contributed by atoms with Gasteiger partial charge in [-0.2, -0.15) is 0 Å². The van der Waals surface area contributed by atoms with E-state index in [1.54, 1.807) is 23.7 Å². The highest BCUT2D eigenvalue weighted by molar-refractivity contribution is 7.17. The Morgan fingerprint density at radius 1 is 1.04 bits per heavy atom. The summed E-state index contributed by atoms with van der Waals surface area (Å²) in [4.78, 5) is 16.9. The molecule has 136 valence electrons. The van der Waals surface area contributed by atoms with Crippen LogP contribution in [0.25, 0.3) is 32.7 Å². The topological polar surface area (TPSA) is 62.1 Å². The maximum absolute atomic E-state index is 9.53. The summed E-state index contributed by atoms with van der Waals surface area (Å²) in [5, 5.41) is 12.7. The first-order valence-corrected chi connectivity index (χ1v) is 9.80. The van der Waals surface area contributed by atoms with Gasteiger partial charge in [0.25, 0.3) is 0 Å². The van der Waals surface area contributed by atoms with E-state index < -0.39 is 0 Å². The van der Waals surface area contributed by atoms with Crippen LogP contribution in [0.2, 0.25) is 0 Å². The average molecular weight is 376 g/mol. The van der Waals surface area contributed by atoms with Crippen LogP contribution in [0.4, 0.5) is 5.82 Å². The summed E-state index contributed by atoms with van der Waals surface area (Å²) < 4.78 is 0. The van der Waals surface area contributed by atoms with Crippen LogP contribution >= 0.6 is 11.3 Å². The van der Waals surface area contributed by atoms with Crippen LogP contribution in [-0.4, -0.2) is 39.8 Å². The third-order valence-corrected chi connectivity index (χ3v) is 5.34. The largest absolute Gasteiger partial charge is 0.395 e. The number of aromatic nitrogens is 3. The van der Waals surface area contributed by atoms with Gasteiger partial charge in [-0.25, -0.2) is 9.97 Å². The number of aliphatic hydroxyl groups is 1. The molecule has 0 saturated heterocycles. The smallest absolute Gasteiger partial charge is 0.164 e. The summed E-state index contributed by atoms with van der Waals surface area (Å²) in [7, 11) is 0. The van der Waals surface area contributed by atoms with Crippen molar-refractivity contribution in [3.63, 3.8) is 0 Å². The summed E-state index contributed by atoms with van der Waals surface area (Å²) in [5.41, 5.74) is 3.15. The Kier molecular flexibility index (Phi) is 5.09. The summed E-state index contributed by atoms with van der Waals surface area (Å²) >= 11 is 1.62. The summed E-state index contributed by atoms with van der Waals surface area (Å²) in [6.45, 7) is 3.43. The molecule has 3 aromatic heterocycles. The van der Waals surface area contributed by atoms with E-state index in [0.717, 1.165) is 39.3 Å². The Bertz CT molecular complexity index is 1030. The van der Waals surface area contributed by atoms with E-state index in [0.29, 0.717) is 12.4 Å². The fraction of sp³-hybridized carbons (Fsp3) is 0.190.